The van der Waals surface area contributed by atoms with E-state index in [9.17, 15) is 18.0 Å². The molecule has 0 aliphatic heterocycles. The average Bonchev–Trinajstić information content (AvgIpc) is 2.28. The maximum absolute atomic E-state index is 13.2. The van der Waals surface area contributed by atoms with Crippen LogP contribution in [0.4, 0.5) is 13.2 Å². The zero-order valence-electron chi connectivity index (χ0n) is 8.47. The van der Waals surface area contributed by atoms with Gasteiger partial charge in [0.2, 0.25) is 0 Å². The van der Waals surface area contributed by atoms with Crippen LogP contribution in [0.1, 0.15) is 5.56 Å². The lowest BCUT2D eigenvalue weighted by Gasteiger charge is -2.10. The van der Waals surface area contributed by atoms with Gasteiger partial charge in [-0.3, -0.25) is 4.79 Å². The monoisotopic (exact) mass is 233 g/mol. The predicted molar refractivity (Wildman–Crippen MR) is 50.0 cm³/mol. The van der Waals surface area contributed by atoms with E-state index in [1.807, 2.05) is 0 Å². The van der Waals surface area contributed by atoms with Crippen molar-refractivity contribution in [3.63, 3.8) is 0 Å². The number of nitrogens with two attached hydrogens (primary N) is 1. The van der Waals surface area contributed by atoms with Gasteiger partial charge in [0, 0.05) is 6.42 Å². The van der Waals surface area contributed by atoms with Gasteiger partial charge >= 0.3 is 5.97 Å². The molecule has 1 atom stereocenters. The minimum atomic E-state index is -1.57. The SMILES string of the molecule is COC(=O)C(N)Cc1ccc(F)c(F)c1F. The van der Waals surface area contributed by atoms with Crippen molar-refractivity contribution in [3.8, 4) is 0 Å². The Bertz CT molecular complexity index is 409. The molecular formula is C10H10F3NO2. The summed E-state index contributed by atoms with van der Waals surface area (Å²) in [5.41, 5.74) is 5.19. The summed E-state index contributed by atoms with van der Waals surface area (Å²) < 4.78 is 42.9. The fourth-order valence-corrected chi connectivity index (χ4v) is 1.20. The minimum absolute atomic E-state index is 0.170. The number of carbonyl (C=O) groups excluding carboxylic acids is 1. The molecule has 6 heteroatoms. The van der Waals surface area contributed by atoms with Gasteiger partial charge in [-0.05, 0) is 11.6 Å². The summed E-state index contributed by atoms with van der Waals surface area (Å²) in [6.07, 6.45) is -0.254. The maximum Gasteiger partial charge on any atom is 0.322 e. The Balaban J connectivity index is 2.90. The van der Waals surface area contributed by atoms with Crippen LogP contribution in [0.5, 0.6) is 0 Å². The van der Waals surface area contributed by atoms with Crippen LogP contribution in [-0.2, 0) is 16.0 Å². The van der Waals surface area contributed by atoms with Crippen molar-refractivity contribution in [2.75, 3.05) is 7.11 Å². The van der Waals surface area contributed by atoms with Crippen LogP contribution in [0, 0.1) is 17.5 Å². The zero-order valence-corrected chi connectivity index (χ0v) is 8.47. The van der Waals surface area contributed by atoms with Gasteiger partial charge in [-0.15, -0.1) is 0 Å². The summed E-state index contributed by atoms with van der Waals surface area (Å²) in [6, 6.07) is 0.707. The number of carbonyl (C=O) groups is 1. The minimum Gasteiger partial charge on any atom is -0.468 e. The molecule has 3 nitrogen and oxygen atoms in total. The van der Waals surface area contributed by atoms with Crippen molar-refractivity contribution in [3.05, 3.63) is 35.1 Å². The van der Waals surface area contributed by atoms with E-state index in [4.69, 9.17) is 5.73 Å². The highest BCUT2D eigenvalue weighted by Crippen LogP contribution is 2.16. The molecule has 2 N–H and O–H groups in total. The molecule has 1 aromatic rings. The predicted octanol–water partition coefficient (Wildman–Crippen LogP) is 1.15. The highest BCUT2D eigenvalue weighted by Gasteiger charge is 2.19. The molecule has 0 saturated carbocycles. The second kappa shape index (κ2) is 4.98. The van der Waals surface area contributed by atoms with Crippen LogP contribution in [0.2, 0.25) is 0 Å². The number of hydrogen-bond acceptors (Lipinski definition) is 3. The molecule has 0 saturated heterocycles. The molecule has 1 aromatic carbocycles. The molecule has 0 spiro atoms. The Labute approximate surface area is 90.0 Å². The Morgan fingerprint density at radius 2 is 2.00 bits per heavy atom. The first kappa shape index (κ1) is 12.5. The van der Waals surface area contributed by atoms with Crippen molar-refractivity contribution < 1.29 is 22.7 Å². The van der Waals surface area contributed by atoms with E-state index >= 15 is 0 Å². The molecular weight excluding hydrogens is 223 g/mol. The van der Waals surface area contributed by atoms with Gasteiger partial charge in [0.1, 0.15) is 6.04 Å². The van der Waals surface area contributed by atoms with Crippen LogP contribution in [0.15, 0.2) is 12.1 Å². The molecule has 0 heterocycles. The summed E-state index contributed by atoms with van der Waals surface area (Å²) in [7, 11) is 1.13. The first-order valence-electron chi connectivity index (χ1n) is 4.43. The lowest BCUT2D eigenvalue weighted by Crippen LogP contribution is -2.34. The third-order valence-electron chi connectivity index (χ3n) is 2.06. The smallest absolute Gasteiger partial charge is 0.322 e. The van der Waals surface area contributed by atoms with Crippen molar-refractivity contribution in [2.45, 2.75) is 12.5 Å². The van der Waals surface area contributed by atoms with Gasteiger partial charge < -0.3 is 10.5 Å². The van der Waals surface area contributed by atoms with E-state index in [2.05, 4.69) is 4.74 Å². The first-order valence-corrected chi connectivity index (χ1v) is 4.43. The fourth-order valence-electron chi connectivity index (χ4n) is 1.20. The maximum atomic E-state index is 13.2. The molecule has 0 fully saturated rings. The number of rotatable bonds is 3. The van der Waals surface area contributed by atoms with Gasteiger partial charge in [0.15, 0.2) is 17.5 Å². The summed E-state index contributed by atoms with van der Waals surface area (Å²) in [6.45, 7) is 0. The Morgan fingerprint density at radius 3 is 2.56 bits per heavy atom. The molecule has 0 aliphatic carbocycles. The van der Waals surface area contributed by atoms with E-state index in [0.29, 0.717) is 0 Å². The van der Waals surface area contributed by atoms with Gasteiger partial charge in [0.05, 0.1) is 7.11 Å². The van der Waals surface area contributed by atoms with Crippen LogP contribution in [0.25, 0.3) is 0 Å². The second-order valence-electron chi connectivity index (χ2n) is 3.17. The van der Waals surface area contributed by atoms with Crippen LogP contribution < -0.4 is 5.73 Å². The van der Waals surface area contributed by atoms with Gasteiger partial charge in [-0.1, -0.05) is 6.07 Å². The Hall–Kier alpha value is -1.56. The normalized spacial score (nSPS) is 12.3. The zero-order chi connectivity index (χ0) is 12.3. The number of ether oxygens (including phenoxy) is 1. The van der Waals surface area contributed by atoms with E-state index in [1.165, 1.54) is 0 Å². The van der Waals surface area contributed by atoms with E-state index in [-0.39, 0.29) is 12.0 Å². The molecule has 1 rings (SSSR count). The van der Waals surface area contributed by atoms with E-state index < -0.39 is 29.5 Å². The molecule has 0 radical (unpaired) electrons. The molecule has 1 unspecified atom stereocenters. The number of halogens is 3. The molecule has 0 aliphatic rings. The topological polar surface area (TPSA) is 52.3 Å². The summed E-state index contributed by atoms with van der Waals surface area (Å²) >= 11 is 0. The standard InChI is InChI=1S/C10H10F3NO2/c1-16-10(15)7(14)4-5-2-3-6(11)9(13)8(5)12/h2-3,7H,4,14H2,1H3. The quantitative estimate of drug-likeness (QED) is 0.629. The summed E-state index contributed by atoms with van der Waals surface area (Å²) in [5, 5.41) is 0. The number of esters is 1. The fraction of sp³-hybridized carbons (Fsp3) is 0.300. The lowest BCUT2D eigenvalue weighted by molar-refractivity contribution is -0.142. The number of hydrogen-bond donors (Lipinski definition) is 1. The lowest BCUT2D eigenvalue weighted by atomic mass is 10.1. The van der Waals surface area contributed by atoms with Gasteiger partial charge in [-0.2, -0.15) is 0 Å². The molecule has 88 valence electrons. The molecule has 16 heavy (non-hydrogen) atoms. The molecule has 0 aromatic heterocycles. The highest BCUT2D eigenvalue weighted by atomic mass is 19.2. The third-order valence-corrected chi connectivity index (χ3v) is 2.06. The van der Waals surface area contributed by atoms with Gasteiger partial charge in [0.25, 0.3) is 0 Å². The van der Waals surface area contributed by atoms with Crippen molar-refractivity contribution in [1.29, 1.82) is 0 Å². The Morgan fingerprint density at radius 1 is 1.38 bits per heavy atom. The summed E-state index contributed by atoms with van der Waals surface area (Å²) in [5.74, 6) is -4.94. The third kappa shape index (κ3) is 2.52. The van der Waals surface area contributed by atoms with E-state index in [1.54, 1.807) is 0 Å². The van der Waals surface area contributed by atoms with Crippen LogP contribution in [-0.4, -0.2) is 19.1 Å². The molecule has 0 amide bonds. The molecule has 0 bridgehead atoms. The largest absolute Gasteiger partial charge is 0.468 e. The van der Waals surface area contributed by atoms with Gasteiger partial charge in [-0.25, -0.2) is 13.2 Å². The van der Waals surface area contributed by atoms with Crippen LogP contribution >= 0.6 is 0 Å². The second-order valence-corrected chi connectivity index (χ2v) is 3.17. The average molecular weight is 233 g/mol. The number of benzene rings is 1. The number of methoxy groups -OCH3 is 1. The van der Waals surface area contributed by atoms with Crippen molar-refractivity contribution >= 4 is 5.97 Å². The van der Waals surface area contributed by atoms with Crippen LogP contribution in [0.3, 0.4) is 0 Å². The summed E-state index contributed by atoms with van der Waals surface area (Å²) in [4.78, 5) is 10.9. The Kier molecular flexibility index (Phi) is 3.89. The van der Waals surface area contributed by atoms with Crippen molar-refractivity contribution in [1.82, 2.24) is 0 Å². The van der Waals surface area contributed by atoms with Crippen molar-refractivity contribution in [2.24, 2.45) is 5.73 Å². The first-order chi connectivity index (χ1) is 7.47. The highest BCUT2D eigenvalue weighted by molar-refractivity contribution is 5.75. The van der Waals surface area contributed by atoms with E-state index in [0.717, 1.165) is 19.2 Å².